The molecule has 4 N–H and O–H groups in total. The summed E-state index contributed by atoms with van der Waals surface area (Å²) >= 11 is 2.99. The van der Waals surface area contributed by atoms with Crippen LogP contribution in [0.1, 0.15) is 18.4 Å². The zero-order chi connectivity index (χ0) is 13.5. The average Bonchev–Trinajstić information content (AvgIpc) is 2.59. The number of aliphatic hydroxyl groups excluding tert-OH is 2. The van der Waals surface area contributed by atoms with Crippen molar-refractivity contribution in [2.75, 3.05) is 6.61 Å². The molecule has 1 aromatic rings. The fourth-order valence-electron chi connectivity index (χ4n) is 2.63. The van der Waals surface area contributed by atoms with Gasteiger partial charge in [-0.2, -0.15) is 0 Å². The first-order valence-electron chi connectivity index (χ1n) is 5.61. The minimum absolute atomic E-state index is 0.113. The average molecular weight is 322 g/mol. The van der Waals surface area contributed by atoms with Crippen molar-refractivity contribution in [3.8, 4) is 0 Å². The Labute approximate surface area is 112 Å². The van der Waals surface area contributed by atoms with Gasteiger partial charge in [-0.1, -0.05) is 0 Å². The highest BCUT2D eigenvalue weighted by Gasteiger charge is 2.46. The highest BCUT2D eigenvalue weighted by atomic mass is 79.9. The molecule has 0 amide bonds. The number of rotatable bonds is 2. The van der Waals surface area contributed by atoms with Gasteiger partial charge in [0.15, 0.2) is 0 Å². The Morgan fingerprint density at radius 1 is 1.39 bits per heavy atom. The van der Waals surface area contributed by atoms with E-state index < -0.39 is 29.2 Å². The third-order valence-corrected chi connectivity index (χ3v) is 4.20. The summed E-state index contributed by atoms with van der Waals surface area (Å²) < 4.78 is 27.2. The van der Waals surface area contributed by atoms with E-state index in [-0.39, 0.29) is 23.1 Å². The maximum Gasteiger partial charge on any atom is 0.140 e. The van der Waals surface area contributed by atoms with E-state index in [1.807, 2.05) is 0 Å². The van der Waals surface area contributed by atoms with Crippen molar-refractivity contribution in [2.45, 2.75) is 24.5 Å². The van der Waals surface area contributed by atoms with Gasteiger partial charge in [0.05, 0.1) is 16.1 Å². The molecule has 100 valence electrons. The van der Waals surface area contributed by atoms with Gasteiger partial charge in [-0.05, 0) is 34.8 Å². The van der Waals surface area contributed by atoms with Crippen LogP contribution >= 0.6 is 15.9 Å². The topological polar surface area (TPSA) is 66.5 Å². The van der Waals surface area contributed by atoms with Crippen LogP contribution < -0.4 is 5.73 Å². The van der Waals surface area contributed by atoms with Crippen molar-refractivity contribution in [3.05, 3.63) is 33.8 Å². The second kappa shape index (κ2) is 4.85. The zero-order valence-electron chi connectivity index (χ0n) is 9.54. The molecule has 2 rings (SSSR count). The van der Waals surface area contributed by atoms with Crippen LogP contribution in [0.25, 0.3) is 0 Å². The van der Waals surface area contributed by atoms with Crippen LogP contribution in [0.15, 0.2) is 16.6 Å². The third-order valence-electron chi connectivity index (χ3n) is 3.59. The van der Waals surface area contributed by atoms with E-state index in [4.69, 9.17) is 5.73 Å². The molecule has 18 heavy (non-hydrogen) atoms. The Morgan fingerprint density at radius 2 is 2.06 bits per heavy atom. The summed E-state index contributed by atoms with van der Waals surface area (Å²) in [5, 5.41) is 18.9. The van der Waals surface area contributed by atoms with Crippen LogP contribution in [-0.2, 0) is 5.54 Å². The summed E-state index contributed by atoms with van der Waals surface area (Å²) in [5.41, 5.74) is 5.09. The van der Waals surface area contributed by atoms with Crippen molar-refractivity contribution in [1.29, 1.82) is 0 Å². The van der Waals surface area contributed by atoms with Crippen LogP contribution in [0.3, 0.4) is 0 Å². The summed E-state index contributed by atoms with van der Waals surface area (Å²) in [6.45, 7) is -0.248. The van der Waals surface area contributed by atoms with E-state index >= 15 is 0 Å². The van der Waals surface area contributed by atoms with Gasteiger partial charge in [0.1, 0.15) is 11.6 Å². The minimum Gasteiger partial charge on any atom is -0.396 e. The summed E-state index contributed by atoms with van der Waals surface area (Å²) in [6.07, 6.45) is -0.232. The second-order valence-corrected chi connectivity index (χ2v) is 5.61. The maximum absolute atomic E-state index is 13.9. The molecule has 3 unspecified atom stereocenters. The Bertz CT molecular complexity index is 472. The SMILES string of the molecule is NC1(c2cc(Br)c(F)cc2F)CC(O)CC1CO. The zero-order valence-corrected chi connectivity index (χ0v) is 11.1. The fraction of sp³-hybridized carbons (Fsp3) is 0.500. The first-order valence-corrected chi connectivity index (χ1v) is 6.40. The van der Waals surface area contributed by atoms with E-state index in [1.54, 1.807) is 0 Å². The van der Waals surface area contributed by atoms with Crippen molar-refractivity contribution in [3.63, 3.8) is 0 Å². The van der Waals surface area contributed by atoms with Gasteiger partial charge in [-0.3, -0.25) is 0 Å². The number of nitrogens with two attached hydrogens (primary N) is 1. The molecule has 3 nitrogen and oxygen atoms in total. The molecule has 3 atom stereocenters. The van der Waals surface area contributed by atoms with Gasteiger partial charge >= 0.3 is 0 Å². The molecule has 0 saturated heterocycles. The minimum atomic E-state index is -1.17. The monoisotopic (exact) mass is 321 g/mol. The lowest BCUT2D eigenvalue weighted by Crippen LogP contribution is -2.43. The van der Waals surface area contributed by atoms with Crippen LogP contribution in [0, 0.1) is 17.6 Å². The molecule has 0 bridgehead atoms. The number of benzene rings is 1. The lowest BCUT2D eigenvalue weighted by atomic mass is 9.81. The number of aliphatic hydroxyl groups is 2. The smallest absolute Gasteiger partial charge is 0.140 e. The predicted molar refractivity (Wildman–Crippen MR) is 65.7 cm³/mol. The molecule has 0 aliphatic heterocycles. The van der Waals surface area contributed by atoms with E-state index in [1.165, 1.54) is 6.07 Å². The van der Waals surface area contributed by atoms with Gasteiger partial charge in [-0.25, -0.2) is 8.78 Å². The molecule has 0 radical (unpaired) electrons. The summed E-state index contributed by atoms with van der Waals surface area (Å²) in [6, 6.07) is 2.04. The molecule has 1 saturated carbocycles. The quantitative estimate of drug-likeness (QED) is 0.725. The number of halogens is 3. The summed E-state index contributed by atoms with van der Waals surface area (Å²) in [4.78, 5) is 0. The van der Waals surface area contributed by atoms with E-state index in [2.05, 4.69) is 15.9 Å². The van der Waals surface area contributed by atoms with Crippen molar-refractivity contribution in [2.24, 2.45) is 11.7 Å². The first-order chi connectivity index (χ1) is 8.38. The van der Waals surface area contributed by atoms with E-state index in [0.717, 1.165) is 6.07 Å². The standard InChI is InChI=1S/C12H14BrF2NO2/c13-9-2-8(10(14)3-11(9)15)12(16)4-7(18)1-6(12)5-17/h2-3,6-7,17-18H,1,4-5,16H2. The van der Waals surface area contributed by atoms with Crippen LogP contribution in [0.2, 0.25) is 0 Å². The van der Waals surface area contributed by atoms with Crippen LogP contribution in [0.4, 0.5) is 8.78 Å². The van der Waals surface area contributed by atoms with Crippen molar-refractivity contribution >= 4 is 15.9 Å². The lowest BCUT2D eigenvalue weighted by Gasteiger charge is -2.31. The van der Waals surface area contributed by atoms with E-state index in [0.29, 0.717) is 6.42 Å². The Morgan fingerprint density at radius 3 is 2.67 bits per heavy atom. The molecular formula is C12H14BrF2NO2. The Balaban J connectivity index is 2.50. The number of hydrogen-bond donors (Lipinski definition) is 3. The van der Waals surface area contributed by atoms with Gasteiger partial charge in [-0.15, -0.1) is 0 Å². The molecule has 1 fully saturated rings. The fourth-order valence-corrected chi connectivity index (χ4v) is 2.97. The van der Waals surface area contributed by atoms with Gasteiger partial charge in [0.2, 0.25) is 0 Å². The molecule has 1 aromatic carbocycles. The first kappa shape index (κ1) is 13.9. The van der Waals surface area contributed by atoms with E-state index in [9.17, 15) is 19.0 Å². The summed E-state index contributed by atoms with van der Waals surface area (Å²) in [5.74, 6) is -1.91. The highest BCUT2D eigenvalue weighted by Crippen LogP contribution is 2.43. The Hall–Kier alpha value is -0.560. The summed E-state index contributed by atoms with van der Waals surface area (Å²) in [7, 11) is 0. The number of hydrogen-bond acceptors (Lipinski definition) is 3. The van der Waals surface area contributed by atoms with Crippen molar-refractivity contribution in [1.82, 2.24) is 0 Å². The van der Waals surface area contributed by atoms with Crippen LogP contribution in [0.5, 0.6) is 0 Å². The second-order valence-electron chi connectivity index (χ2n) is 4.76. The predicted octanol–water partition coefficient (Wildman–Crippen LogP) is 1.64. The maximum atomic E-state index is 13.9. The van der Waals surface area contributed by atoms with Crippen molar-refractivity contribution < 1.29 is 19.0 Å². The highest BCUT2D eigenvalue weighted by molar-refractivity contribution is 9.10. The van der Waals surface area contributed by atoms with Gasteiger partial charge < -0.3 is 15.9 Å². The molecular weight excluding hydrogens is 308 g/mol. The molecule has 0 aromatic heterocycles. The lowest BCUT2D eigenvalue weighted by molar-refractivity contribution is 0.160. The molecule has 6 heteroatoms. The van der Waals surface area contributed by atoms with Gasteiger partial charge in [0, 0.05) is 24.2 Å². The third kappa shape index (κ3) is 2.18. The molecule has 1 aliphatic rings. The van der Waals surface area contributed by atoms with Crippen LogP contribution in [-0.4, -0.2) is 22.9 Å². The molecule has 0 heterocycles. The normalized spacial score (nSPS) is 31.9. The Kier molecular flexibility index (Phi) is 3.73. The molecule has 1 aliphatic carbocycles. The van der Waals surface area contributed by atoms with Gasteiger partial charge in [0.25, 0.3) is 0 Å². The largest absolute Gasteiger partial charge is 0.396 e. The molecule has 0 spiro atoms.